The summed E-state index contributed by atoms with van der Waals surface area (Å²) in [6.45, 7) is 0.365. The number of nitrogens with zero attached hydrogens (tertiary/aromatic N) is 4. The Morgan fingerprint density at radius 3 is 2.41 bits per heavy atom. The SMILES string of the molecule is O=C1c2ccccc2[C@@H](C=NCc2ccccn2)C(=O)N1c1ccccn1. The monoisotopic (exact) mass is 356 g/mol. The molecule has 27 heavy (non-hydrogen) atoms. The molecule has 0 spiro atoms. The summed E-state index contributed by atoms with van der Waals surface area (Å²) >= 11 is 0. The second-order valence-corrected chi connectivity index (χ2v) is 6.04. The van der Waals surface area contributed by atoms with E-state index >= 15 is 0 Å². The Labute approximate surface area is 156 Å². The number of amides is 2. The fraction of sp³-hybridized carbons (Fsp3) is 0.0952. The average molecular weight is 356 g/mol. The molecule has 1 aliphatic heterocycles. The quantitative estimate of drug-likeness (QED) is 0.532. The molecule has 0 fully saturated rings. The smallest absolute Gasteiger partial charge is 0.266 e. The molecule has 1 aromatic carbocycles. The first-order valence-electron chi connectivity index (χ1n) is 8.54. The van der Waals surface area contributed by atoms with E-state index in [1.807, 2.05) is 24.3 Å². The minimum atomic E-state index is -0.649. The highest BCUT2D eigenvalue weighted by Gasteiger charge is 2.39. The van der Waals surface area contributed by atoms with Crippen molar-refractivity contribution in [2.75, 3.05) is 4.90 Å². The summed E-state index contributed by atoms with van der Waals surface area (Å²) < 4.78 is 0. The van der Waals surface area contributed by atoms with Crippen LogP contribution < -0.4 is 4.90 Å². The predicted octanol–water partition coefficient (Wildman–Crippen LogP) is 3.02. The van der Waals surface area contributed by atoms with Gasteiger partial charge in [-0.25, -0.2) is 9.88 Å². The van der Waals surface area contributed by atoms with Gasteiger partial charge in [0.25, 0.3) is 5.91 Å². The van der Waals surface area contributed by atoms with E-state index in [9.17, 15) is 9.59 Å². The Bertz CT molecular complexity index is 1000. The van der Waals surface area contributed by atoms with Gasteiger partial charge in [0.2, 0.25) is 5.91 Å². The van der Waals surface area contributed by atoms with Gasteiger partial charge in [-0.05, 0) is 35.9 Å². The zero-order valence-corrected chi connectivity index (χ0v) is 14.4. The fourth-order valence-corrected chi connectivity index (χ4v) is 3.05. The Morgan fingerprint density at radius 1 is 0.926 bits per heavy atom. The third kappa shape index (κ3) is 3.25. The van der Waals surface area contributed by atoms with Crippen molar-refractivity contribution in [3.63, 3.8) is 0 Å². The second kappa shape index (κ2) is 7.29. The normalized spacial score (nSPS) is 16.6. The van der Waals surface area contributed by atoms with Crippen LogP contribution in [0.4, 0.5) is 5.82 Å². The van der Waals surface area contributed by atoms with Gasteiger partial charge in [0.05, 0.1) is 18.2 Å². The summed E-state index contributed by atoms with van der Waals surface area (Å²) in [5.41, 5.74) is 1.95. The number of hydrogen-bond donors (Lipinski definition) is 0. The van der Waals surface area contributed by atoms with Gasteiger partial charge in [-0.1, -0.05) is 30.3 Å². The topological polar surface area (TPSA) is 75.5 Å². The molecule has 0 saturated heterocycles. The number of carbonyl (C=O) groups excluding carboxylic acids is 2. The van der Waals surface area contributed by atoms with Crippen LogP contribution in [0.1, 0.15) is 27.5 Å². The Kier molecular flexibility index (Phi) is 4.53. The molecular weight excluding hydrogens is 340 g/mol. The van der Waals surface area contributed by atoms with E-state index in [2.05, 4.69) is 15.0 Å². The zero-order chi connectivity index (χ0) is 18.6. The number of aromatic nitrogens is 2. The standard InChI is InChI=1S/C21H16N4O2/c26-20-17-9-2-1-8-16(17)18(14-22-13-15-7-3-5-11-23-15)21(27)25(20)19-10-4-6-12-24-19/h1-12,14,18H,13H2/t18-/m1/s1. The fourth-order valence-electron chi connectivity index (χ4n) is 3.05. The molecule has 1 atom stereocenters. The number of rotatable bonds is 4. The second-order valence-electron chi connectivity index (χ2n) is 6.04. The minimum absolute atomic E-state index is 0.310. The zero-order valence-electron chi connectivity index (χ0n) is 14.4. The van der Waals surface area contributed by atoms with Gasteiger partial charge in [0.1, 0.15) is 5.82 Å². The van der Waals surface area contributed by atoms with Crippen molar-refractivity contribution in [2.24, 2.45) is 4.99 Å². The summed E-state index contributed by atoms with van der Waals surface area (Å²) in [4.78, 5) is 39.9. The first kappa shape index (κ1) is 16.8. The van der Waals surface area contributed by atoms with Gasteiger partial charge >= 0.3 is 0 Å². The van der Waals surface area contributed by atoms with Gasteiger partial charge in [-0.15, -0.1) is 0 Å². The Balaban J connectivity index is 1.70. The lowest BCUT2D eigenvalue weighted by Crippen LogP contribution is -2.45. The third-order valence-corrected chi connectivity index (χ3v) is 4.33. The molecule has 0 N–H and O–H groups in total. The van der Waals surface area contributed by atoms with Crippen LogP contribution in [0.5, 0.6) is 0 Å². The lowest BCUT2D eigenvalue weighted by atomic mass is 9.89. The molecular formula is C21H16N4O2. The van der Waals surface area contributed by atoms with E-state index in [0.29, 0.717) is 23.5 Å². The van der Waals surface area contributed by atoms with Crippen LogP contribution in [0, 0.1) is 0 Å². The molecule has 1 aliphatic rings. The molecule has 0 bridgehead atoms. The van der Waals surface area contributed by atoms with Crippen LogP contribution in [-0.2, 0) is 11.3 Å². The molecule has 0 radical (unpaired) electrons. The number of carbonyl (C=O) groups is 2. The maximum absolute atomic E-state index is 13.1. The van der Waals surface area contributed by atoms with Crippen molar-refractivity contribution < 1.29 is 9.59 Å². The summed E-state index contributed by atoms with van der Waals surface area (Å²) in [5, 5.41) is 0. The van der Waals surface area contributed by atoms with E-state index in [0.717, 1.165) is 10.6 Å². The molecule has 4 rings (SSSR count). The van der Waals surface area contributed by atoms with Crippen molar-refractivity contribution >= 4 is 23.8 Å². The lowest BCUT2D eigenvalue weighted by Gasteiger charge is -2.30. The van der Waals surface area contributed by atoms with Crippen molar-refractivity contribution in [2.45, 2.75) is 12.5 Å². The molecule has 3 heterocycles. The maximum atomic E-state index is 13.1. The summed E-state index contributed by atoms with van der Waals surface area (Å²) in [6, 6.07) is 17.8. The van der Waals surface area contributed by atoms with Gasteiger partial charge in [-0.3, -0.25) is 19.6 Å². The first-order valence-corrected chi connectivity index (χ1v) is 8.54. The number of pyridine rings is 2. The van der Waals surface area contributed by atoms with Crippen molar-refractivity contribution in [1.29, 1.82) is 0 Å². The van der Waals surface area contributed by atoms with E-state index < -0.39 is 5.92 Å². The van der Waals surface area contributed by atoms with Crippen molar-refractivity contribution in [1.82, 2.24) is 9.97 Å². The highest BCUT2D eigenvalue weighted by Crippen LogP contribution is 2.30. The number of imide groups is 1. The Hall–Kier alpha value is -3.67. The Morgan fingerprint density at radius 2 is 1.67 bits per heavy atom. The largest absolute Gasteiger partial charge is 0.290 e. The highest BCUT2D eigenvalue weighted by molar-refractivity contribution is 6.28. The van der Waals surface area contributed by atoms with E-state index in [1.54, 1.807) is 55.0 Å². The first-order chi connectivity index (χ1) is 13.3. The number of anilines is 1. The molecule has 0 aliphatic carbocycles. The molecule has 6 nitrogen and oxygen atoms in total. The molecule has 3 aromatic rings. The average Bonchev–Trinajstić information content (AvgIpc) is 2.72. The van der Waals surface area contributed by atoms with Crippen LogP contribution in [0.2, 0.25) is 0 Å². The number of hydrogen-bond acceptors (Lipinski definition) is 5. The third-order valence-electron chi connectivity index (χ3n) is 4.33. The van der Waals surface area contributed by atoms with Crippen molar-refractivity contribution in [3.05, 3.63) is 89.9 Å². The molecule has 6 heteroatoms. The van der Waals surface area contributed by atoms with Gasteiger partial charge in [0, 0.05) is 24.2 Å². The van der Waals surface area contributed by atoms with E-state index in [1.165, 1.54) is 0 Å². The van der Waals surface area contributed by atoms with Crippen molar-refractivity contribution in [3.8, 4) is 0 Å². The van der Waals surface area contributed by atoms with Crippen LogP contribution in [0.25, 0.3) is 0 Å². The van der Waals surface area contributed by atoms with Crippen LogP contribution >= 0.6 is 0 Å². The molecule has 2 aromatic heterocycles. The van der Waals surface area contributed by atoms with Crippen LogP contribution in [0.3, 0.4) is 0 Å². The van der Waals surface area contributed by atoms with Gasteiger partial charge < -0.3 is 0 Å². The van der Waals surface area contributed by atoms with Crippen LogP contribution in [0.15, 0.2) is 78.0 Å². The van der Waals surface area contributed by atoms with E-state index in [-0.39, 0.29) is 11.8 Å². The summed E-state index contributed by atoms with van der Waals surface area (Å²) in [5.74, 6) is -1.07. The minimum Gasteiger partial charge on any atom is -0.290 e. The summed E-state index contributed by atoms with van der Waals surface area (Å²) in [6.07, 6.45) is 4.85. The van der Waals surface area contributed by atoms with Gasteiger partial charge in [0.15, 0.2) is 0 Å². The maximum Gasteiger partial charge on any atom is 0.266 e. The van der Waals surface area contributed by atoms with E-state index in [4.69, 9.17) is 0 Å². The van der Waals surface area contributed by atoms with Gasteiger partial charge in [-0.2, -0.15) is 0 Å². The predicted molar refractivity (Wildman–Crippen MR) is 102 cm³/mol. The molecule has 0 unspecified atom stereocenters. The number of fused-ring (bicyclic) bond motifs is 1. The molecule has 132 valence electrons. The highest BCUT2D eigenvalue weighted by atomic mass is 16.2. The lowest BCUT2D eigenvalue weighted by molar-refractivity contribution is -0.118. The molecule has 2 amide bonds. The van der Waals surface area contributed by atoms with Crippen LogP contribution in [-0.4, -0.2) is 28.0 Å². The number of aliphatic imine (C=N–C) groups is 1. The number of benzene rings is 1. The molecule has 0 saturated carbocycles. The summed E-state index contributed by atoms with van der Waals surface area (Å²) in [7, 11) is 0.